The van der Waals surface area contributed by atoms with Crippen LogP contribution in [0, 0.1) is 6.92 Å². The highest BCUT2D eigenvalue weighted by Crippen LogP contribution is 2.20. The zero-order valence-corrected chi connectivity index (χ0v) is 15.9. The average molecular weight is 389 g/mol. The van der Waals surface area contributed by atoms with Crippen LogP contribution in [0.2, 0.25) is 0 Å². The molecule has 1 N–H and O–H groups in total. The number of anilines is 1. The lowest BCUT2D eigenvalue weighted by Crippen LogP contribution is -2.24. The Morgan fingerprint density at radius 1 is 1.19 bits per heavy atom. The highest BCUT2D eigenvalue weighted by atomic mass is 32.2. The van der Waals surface area contributed by atoms with E-state index in [2.05, 4.69) is 5.32 Å². The molecule has 8 nitrogen and oxygen atoms in total. The molecule has 1 aromatic heterocycles. The number of hydrogen-bond acceptors (Lipinski definition) is 5. The van der Waals surface area contributed by atoms with Crippen molar-refractivity contribution in [3.8, 4) is 0 Å². The highest BCUT2D eigenvalue weighted by molar-refractivity contribution is 7.89. The van der Waals surface area contributed by atoms with E-state index < -0.39 is 21.7 Å². The van der Waals surface area contributed by atoms with Crippen molar-refractivity contribution in [1.82, 2.24) is 8.87 Å². The molecule has 0 atom stereocenters. The lowest BCUT2D eigenvalue weighted by atomic mass is 10.2. The van der Waals surface area contributed by atoms with Gasteiger partial charge in [-0.3, -0.25) is 9.36 Å². The molecule has 0 saturated carbocycles. The molecule has 27 heavy (non-hydrogen) atoms. The third-order valence-corrected chi connectivity index (χ3v) is 5.83. The zero-order valence-electron chi connectivity index (χ0n) is 15.1. The van der Waals surface area contributed by atoms with Crippen molar-refractivity contribution in [3.05, 3.63) is 58.6 Å². The maximum atomic E-state index is 12.3. The van der Waals surface area contributed by atoms with Crippen molar-refractivity contribution < 1.29 is 17.6 Å². The standard InChI is InChI=1S/C18H19N3O5S/c1-12-5-4-6-13(9-12)19-17(22)11-21-15-8-7-14(27(24,25)20(2)3)10-16(15)26-18(21)23/h4-10H,11H2,1-3H3,(H,19,22). The summed E-state index contributed by atoms with van der Waals surface area (Å²) in [6.07, 6.45) is 0. The molecule has 0 spiro atoms. The van der Waals surface area contributed by atoms with Gasteiger partial charge in [0.05, 0.1) is 10.4 Å². The molecule has 0 aliphatic rings. The van der Waals surface area contributed by atoms with Gasteiger partial charge in [0, 0.05) is 25.8 Å². The Morgan fingerprint density at radius 3 is 2.59 bits per heavy atom. The summed E-state index contributed by atoms with van der Waals surface area (Å²) < 4.78 is 31.8. The number of oxazole rings is 1. The Balaban J connectivity index is 1.90. The largest absolute Gasteiger partial charge is 0.420 e. The number of carbonyl (C=O) groups excluding carboxylic acids is 1. The van der Waals surface area contributed by atoms with Crippen LogP contribution in [-0.2, 0) is 21.4 Å². The number of nitrogens with one attached hydrogen (secondary N) is 1. The summed E-state index contributed by atoms with van der Waals surface area (Å²) in [4.78, 5) is 24.4. The fourth-order valence-electron chi connectivity index (χ4n) is 2.63. The van der Waals surface area contributed by atoms with E-state index in [0.717, 1.165) is 14.4 Å². The molecule has 1 heterocycles. The van der Waals surface area contributed by atoms with Crippen LogP contribution >= 0.6 is 0 Å². The second-order valence-electron chi connectivity index (χ2n) is 6.29. The minimum absolute atomic E-state index is 0.00473. The summed E-state index contributed by atoms with van der Waals surface area (Å²) in [7, 11) is -0.831. The van der Waals surface area contributed by atoms with Gasteiger partial charge in [-0.15, -0.1) is 0 Å². The summed E-state index contributed by atoms with van der Waals surface area (Å²) in [6, 6.07) is 11.4. The highest BCUT2D eigenvalue weighted by Gasteiger charge is 2.20. The molecule has 2 aromatic carbocycles. The molecular formula is C18H19N3O5S. The van der Waals surface area contributed by atoms with Crippen LogP contribution < -0.4 is 11.1 Å². The first-order chi connectivity index (χ1) is 12.7. The van der Waals surface area contributed by atoms with Gasteiger partial charge >= 0.3 is 5.76 Å². The lowest BCUT2D eigenvalue weighted by molar-refractivity contribution is -0.116. The SMILES string of the molecule is Cc1cccc(NC(=O)Cn2c(=O)oc3cc(S(=O)(=O)N(C)C)ccc32)c1. The Kier molecular flexibility index (Phi) is 4.90. The number of nitrogens with zero attached hydrogens (tertiary/aromatic N) is 2. The van der Waals surface area contributed by atoms with Crippen LogP contribution in [-0.4, -0.2) is 37.3 Å². The van der Waals surface area contributed by atoms with Gasteiger partial charge in [-0.1, -0.05) is 12.1 Å². The van der Waals surface area contributed by atoms with Crippen molar-refractivity contribution in [2.45, 2.75) is 18.4 Å². The second-order valence-corrected chi connectivity index (χ2v) is 8.44. The van der Waals surface area contributed by atoms with Crippen LogP contribution in [0.4, 0.5) is 5.69 Å². The molecule has 0 aliphatic carbocycles. The van der Waals surface area contributed by atoms with Gasteiger partial charge in [0.15, 0.2) is 5.58 Å². The number of amides is 1. The normalized spacial score (nSPS) is 11.9. The van der Waals surface area contributed by atoms with Crippen molar-refractivity contribution in [1.29, 1.82) is 0 Å². The summed E-state index contributed by atoms with van der Waals surface area (Å²) >= 11 is 0. The van der Waals surface area contributed by atoms with E-state index in [-0.39, 0.29) is 17.0 Å². The van der Waals surface area contributed by atoms with Gasteiger partial charge in [0.1, 0.15) is 6.54 Å². The molecule has 0 bridgehead atoms. The fraction of sp³-hybridized carbons (Fsp3) is 0.222. The van der Waals surface area contributed by atoms with Crippen LogP contribution in [0.1, 0.15) is 5.56 Å². The Labute approximate surface area is 156 Å². The zero-order chi connectivity index (χ0) is 19.8. The number of aromatic nitrogens is 1. The van der Waals surface area contributed by atoms with Gasteiger partial charge in [-0.2, -0.15) is 0 Å². The quantitative estimate of drug-likeness (QED) is 0.717. The van der Waals surface area contributed by atoms with Gasteiger partial charge in [0.2, 0.25) is 15.9 Å². The molecule has 0 saturated heterocycles. The molecule has 0 radical (unpaired) electrons. The third kappa shape index (κ3) is 3.79. The van der Waals surface area contributed by atoms with E-state index in [1.807, 2.05) is 25.1 Å². The van der Waals surface area contributed by atoms with Crippen LogP contribution in [0.3, 0.4) is 0 Å². The van der Waals surface area contributed by atoms with Gasteiger partial charge in [-0.25, -0.2) is 17.5 Å². The van der Waals surface area contributed by atoms with Crippen molar-refractivity contribution in [3.63, 3.8) is 0 Å². The number of aryl methyl sites for hydroxylation is 1. The summed E-state index contributed by atoms with van der Waals surface area (Å²) in [5.41, 5.74) is 2.07. The predicted octanol–water partition coefficient (Wildman–Crippen LogP) is 1.79. The molecule has 0 aliphatic heterocycles. The summed E-state index contributed by atoms with van der Waals surface area (Å²) in [5, 5.41) is 2.72. The first-order valence-electron chi connectivity index (χ1n) is 8.11. The van der Waals surface area contributed by atoms with Gasteiger partial charge in [-0.05, 0) is 36.8 Å². The molecule has 142 valence electrons. The maximum absolute atomic E-state index is 12.3. The molecule has 0 fully saturated rings. The molecule has 1 amide bonds. The number of hydrogen-bond donors (Lipinski definition) is 1. The molecular weight excluding hydrogens is 370 g/mol. The number of carbonyl (C=O) groups is 1. The third-order valence-electron chi connectivity index (χ3n) is 4.02. The van der Waals surface area contributed by atoms with E-state index >= 15 is 0 Å². The number of benzene rings is 2. The Bertz CT molecular complexity index is 1180. The molecule has 3 rings (SSSR count). The maximum Gasteiger partial charge on any atom is 0.420 e. The second kappa shape index (κ2) is 7.01. The fourth-order valence-corrected chi connectivity index (χ4v) is 3.55. The minimum atomic E-state index is -3.66. The predicted molar refractivity (Wildman–Crippen MR) is 101 cm³/mol. The van der Waals surface area contributed by atoms with E-state index in [4.69, 9.17) is 4.42 Å². The molecule has 9 heteroatoms. The van der Waals surface area contributed by atoms with E-state index in [0.29, 0.717) is 11.2 Å². The van der Waals surface area contributed by atoms with Crippen LogP contribution in [0.15, 0.2) is 56.6 Å². The van der Waals surface area contributed by atoms with Crippen LogP contribution in [0.25, 0.3) is 11.1 Å². The summed E-state index contributed by atoms with van der Waals surface area (Å²) in [6.45, 7) is 1.66. The summed E-state index contributed by atoms with van der Waals surface area (Å²) in [5.74, 6) is -1.13. The topological polar surface area (TPSA) is 102 Å². The van der Waals surface area contributed by atoms with Crippen LogP contribution in [0.5, 0.6) is 0 Å². The Morgan fingerprint density at radius 2 is 1.93 bits per heavy atom. The monoisotopic (exact) mass is 389 g/mol. The van der Waals surface area contributed by atoms with Crippen molar-refractivity contribution >= 4 is 32.7 Å². The average Bonchev–Trinajstić information content (AvgIpc) is 2.89. The van der Waals surface area contributed by atoms with Gasteiger partial charge in [0.25, 0.3) is 0 Å². The van der Waals surface area contributed by atoms with E-state index in [9.17, 15) is 18.0 Å². The smallest absolute Gasteiger partial charge is 0.408 e. The minimum Gasteiger partial charge on any atom is -0.408 e. The number of fused-ring (bicyclic) bond motifs is 1. The molecule has 3 aromatic rings. The first kappa shape index (κ1) is 18.9. The number of sulfonamides is 1. The van der Waals surface area contributed by atoms with E-state index in [1.165, 1.54) is 32.3 Å². The van der Waals surface area contributed by atoms with Crippen molar-refractivity contribution in [2.24, 2.45) is 0 Å². The lowest BCUT2D eigenvalue weighted by Gasteiger charge is -2.11. The first-order valence-corrected chi connectivity index (χ1v) is 9.55. The van der Waals surface area contributed by atoms with E-state index in [1.54, 1.807) is 6.07 Å². The Hall–Kier alpha value is -2.91. The number of rotatable bonds is 5. The molecule has 0 unspecified atom stereocenters. The van der Waals surface area contributed by atoms with Crippen molar-refractivity contribution in [2.75, 3.05) is 19.4 Å². The van der Waals surface area contributed by atoms with Gasteiger partial charge < -0.3 is 9.73 Å².